The van der Waals surface area contributed by atoms with E-state index in [1.54, 1.807) is 12.1 Å². The molecule has 2 heterocycles. The maximum Gasteiger partial charge on any atom is 0.198 e. The van der Waals surface area contributed by atoms with Crippen molar-refractivity contribution in [1.82, 2.24) is 0 Å². The van der Waals surface area contributed by atoms with Gasteiger partial charge < -0.3 is 15.1 Å². The van der Waals surface area contributed by atoms with Crippen LogP contribution in [0.4, 0.5) is 11.4 Å². The number of benzene rings is 3. The van der Waals surface area contributed by atoms with Crippen LogP contribution in [0.5, 0.6) is 0 Å². The number of para-hydroxylation sites is 3. The second-order valence-electron chi connectivity index (χ2n) is 9.28. The molecule has 4 aromatic rings. The van der Waals surface area contributed by atoms with Crippen LogP contribution in [0, 0.1) is 0 Å². The zero-order chi connectivity index (χ0) is 23.9. The van der Waals surface area contributed by atoms with Crippen LogP contribution in [0.1, 0.15) is 48.4 Å². The van der Waals surface area contributed by atoms with Gasteiger partial charge in [0, 0.05) is 17.7 Å². The Morgan fingerprint density at radius 3 is 2.43 bits per heavy atom. The number of nitrogens with one attached hydrogen (secondary N) is 2. The lowest BCUT2D eigenvalue weighted by atomic mass is 9.78. The summed E-state index contributed by atoms with van der Waals surface area (Å²) >= 11 is 0. The highest BCUT2D eigenvalue weighted by Gasteiger charge is 2.37. The van der Waals surface area contributed by atoms with Gasteiger partial charge in [-0.15, -0.1) is 0 Å². The maximum absolute atomic E-state index is 13.7. The summed E-state index contributed by atoms with van der Waals surface area (Å²) in [6.45, 7) is 2.14. The molecule has 1 aliphatic heterocycles. The van der Waals surface area contributed by atoms with E-state index in [2.05, 4.69) is 41.8 Å². The second kappa shape index (κ2) is 8.58. The third-order valence-corrected chi connectivity index (χ3v) is 7.19. The molecule has 0 spiro atoms. The van der Waals surface area contributed by atoms with Crippen LogP contribution in [-0.2, 0) is 11.2 Å². The molecule has 0 radical (unpaired) electrons. The summed E-state index contributed by atoms with van der Waals surface area (Å²) in [4.78, 5) is 27.3. The van der Waals surface area contributed by atoms with Gasteiger partial charge in [-0.05, 0) is 54.2 Å². The smallest absolute Gasteiger partial charge is 0.198 e. The molecular weight excluding hydrogens is 436 g/mol. The Bertz CT molecular complexity index is 1530. The van der Waals surface area contributed by atoms with Crippen LogP contribution in [-0.4, -0.2) is 5.78 Å². The van der Waals surface area contributed by atoms with E-state index in [1.807, 2.05) is 36.4 Å². The van der Waals surface area contributed by atoms with Gasteiger partial charge in [-0.25, -0.2) is 0 Å². The highest BCUT2D eigenvalue weighted by molar-refractivity contribution is 6.01. The Hall–Kier alpha value is -4.12. The van der Waals surface area contributed by atoms with Crippen LogP contribution in [0.15, 0.2) is 99.5 Å². The third kappa shape index (κ3) is 3.73. The van der Waals surface area contributed by atoms with Gasteiger partial charge >= 0.3 is 0 Å². The van der Waals surface area contributed by atoms with E-state index in [-0.39, 0.29) is 17.1 Å². The average Bonchev–Trinajstić information content (AvgIpc) is 3.06. The van der Waals surface area contributed by atoms with Crippen molar-refractivity contribution in [3.63, 3.8) is 0 Å². The van der Waals surface area contributed by atoms with Crippen molar-refractivity contribution in [1.29, 1.82) is 0 Å². The SMILES string of the molecule is CCc1ccc(C2CC(=O)C3=C(C2)Nc2ccccc2NC3c2coc3ccccc3c2=O)cc1. The van der Waals surface area contributed by atoms with E-state index in [9.17, 15) is 9.59 Å². The summed E-state index contributed by atoms with van der Waals surface area (Å²) in [5, 5.41) is 7.52. The number of rotatable bonds is 3. The van der Waals surface area contributed by atoms with Crippen molar-refractivity contribution in [2.24, 2.45) is 0 Å². The fourth-order valence-electron chi connectivity index (χ4n) is 5.28. The number of carbonyl (C=O) groups is 1. The van der Waals surface area contributed by atoms with Crippen molar-refractivity contribution >= 4 is 28.1 Å². The maximum atomic E-state index is 13.7. The van der Waals surface area contributed by atoms with Crippen molar-refractivity contribution < 1.29 is 9.21 Å². The van der Waals surface area contributed by atoms with E-state index < -0.39 is 6.04 Å². The number of aryl methyl sites for hydroxylation is 1. The van der Waals surface area contributed by atoms with Gasteiger partial charge in [0.2, 0.25) is 0 Å². The molecule has 0 saturated heterocycles. The summed E-state index contributed by atoms with van der Waals surface area (Å²) in [5.41, 5.74) is 6.51. The number of Topliss-reactive ketones (excluding diaryl/α,β-unsaturated/α-hetero) is 1. The fourth-order valence-corrected chi connectivity index (χ4v) is 5.28. The molecule has 0 bridgehead atoms. The fraction of sp³-hybridized carbons (Fsp3) is 0.200. The minimum Gasteiger partial charge on any atom is -0.464 e. The normalized spacial score (nSPS) is 19.4. The van der Waals surface area contributed by atoms with Crippen molar-refractivity contribution in [3.05, 3.63) is 117 Å². The van der Waals surface area contributed by atoms with Gasteiger partial charge in [0.1, 0.15) is 11.8 Å². The Morgan fingerprint density at radius 1 is 0.886 bits per heavy atom. The third-order valence-electron chi connectivity index (χ3n) is 7.19. The van der Waals surface area contributed by atoms with Gasteiger partial charge in [-0.3, -0.25) is 9.59 Å². The Balaban J connectivity index is 1.48. The topological polar surface area (TPSA) is 71.3 Å². The molecule has 2 unspecified atom stereocenters. The quantitative estimate of drug-likeness (QED) is 0.372. The zero-order valence-electron chi connectivity index (χ0n) is 19.5. The number of ketones is 1. The molecule has 0 amide bonds. The van der Waals surface area contributed by atoms with E-state index in [0.29, 0.717) is 34.9 Å². The Morgan fingerprint density at radius 2 is 1.63 bits per heavy atom. The number of fused-ring (bicyclic) bond motifs is 2. The lowest BCUT2D eigenvalue weighted by Crippen LogP contribution is -2.29. The largest absolute Gasteiger partial charge is 0.464 e. The molecule has 0 saturated carbocycles. The number of hydrogen-bond donors (Lipinski definition) is 2. The first-order valence-electron chi connectivity index (χ1n) is 12.1. The molecule has 2 aliphatic rings. The highest BCUT2D eigenvalue weighted by atomic mass is 16.3. The van der Waals surface area contributed by atoms with Crippen LogP contribution in [0.25, 0.3) is 11.0 Å². The van der Waals surface area contributed by atoms with E-state index in [1.165, 1.54) is 11.8 Å². The molecule has 2 atom stereocenters. The van der Waals surface area contributed by atoms with Crippen LogP contribution in [0.3, 0.4) is 0 Å². The number of carbonyl (C=O) groups excluding carboxylic acids is 1. The molecule has 1 aromatic heterocycles. The van der Waals surface area contributed by atoms with Crippen LogP contribution in [0.2, 0.25) is 0 Å². The number of hydrogen-bond acceptors (Lipinski definition) is 5. The summed E-state index contributed by atoms with van der Waals surface area (Å²) in [5.74, 6) is 0.125. The predicted molar refractivity (Wildman–Crippen MR) is 139 cm³/mol. The standard InChI is InChI=1S/C30H26N2O3/c1-2-18-11-13-19(14-12-18)20-15-25-28(26(33)16-20)29(32-24-9-5-4-8-23(24)31-25)22-17-35-27-10-6-3-7-21(27)30(22)34/h3-14,17,20,29,31-32H,2,15-16H2,1H3. The molecular formula is C30H26N2O3. The minimum atomic E-state index is -0.599. The van der Waals surface area contributed by atoms with Gasteiger partial charge in [0.15, 0.2) is 11.2 Å². The molecule has 5 nitrogen and oxygen atoms in total. The molecule has 2 N–H and O–H groups in total. The van der Waals surface area contributed by atoms with Gasteiger partial charge in [0.25, 0.3) is 0 Å². The van der Waals surface area contributed by atoms with Crippen LogP contribution < -0.4 is 16.1 Å². The molecule has 3 aromatic carbocycles. The van der Waals surface area contributed by atoms with Gasteiger partial charge in [-0.1, -0.05) is 55.5 Å². The van der Waals surface area contributed by atoms with Crippen molar-refractivity contribution in [2.45, 2.75) is 38.1 Å². The zero-order valence-corrected chi connectivity index (χ0v) is 19.5. The van der Waals surface area contributed by atoms with E-state index >= 15 is 0 Å². The molecule has 174 valence electrons. The first-order chi connectivity index (χ1) is 17.1. The van der Waals surface area contributed by atoms with Gasteiger partial charge in [-0.2, -0.15) is 0 Å². The first kappa shape index (κ1) is 21.4. The molecule has 5 heteroatoms. The minimum absolute atomic E-state index is 0.0428. The summed E-state index contributed by atoms with van der Waals surface area (Å²) in [7, 11) is 0. The summed E-state index contributed by atoms with van der Waals surface area (Å²) in [6, 6.07) is 23.0. The summed E-state index contributed by atoms with van der Waals surface area (Å²) in [6.07, 6.45) is 3.58. The predicted octanol–water partition coefficient (Wildman–Crippen LogP) is 6.33. The molecule has 0 fully saturated rings. The Kier molecular flexibility index (Phi) is 5.25. The Labute approximate surface area is 203 Å². The van der Waals surface area contributed by atoms with E-state index in [0.717, 1.165) is 29.1 Å². The van der Waals surface area contributed by atoms with E-state index in [4.69, 9.17) is 4.42 Å². The lowest BCUT2D eigenvalue weighted by Gasteiger charge is -2.29. The number of anilines is 2. The lowest BCUT2D eigenvalue weighted by molar-refractivity contribution is -0.116. The second-order valence-corrected chi connectivity index (χ2v) is 9.28. The number of allylic oxidation sites excluding steroid dienone is 1. The van der Waals surface area contributed by atoms with Gasteiger partial charge in [0.05, 0.1) is 28.4 Å². The monoisotopic (exact) mass is 462 g/mol. The molecule has 1 aliphatic carbocycles. The molecule has 35 heavy (non-hydrogen) atoms. The first-order valence-corrected chi connectivity index (χ1v) is 12.1. The molecule has 6 rings (SSSR count). The van der Waals surface area contributed by atoms with Crippen LogP contribution >= 0.6 is 0 Å². The van der Waals surface area contributed by atoms with Crippen molar-refractivity contribution in [2.75, 3.05) is 10.6 Å². The average molecular weight is 463 g/mol. The van der Waals surface area contributed by atoms with Crippen molar-refractivity contribution in [3.8, 4) is 0 Å². The summed E-state index contributed by atoms with van der Waals surface area (Å²) < 4.78 is 5.84. The highest BCUT2D eigenvalue weighted by Crippen LogP contribution is 2.43.